The first-order valence-corrected chi connectivity index (χ1v) is 12.8. The summed E-state index contributed by atoms with van der Waals surface area (Å²) in [4.78, 5) is 29.5. The number of thiophene rings is 1. The molecule has 1 aromatic rings. The number of hydrogen-bond acceptors (Lipinski definition) is 7. The van der Waals surface area contributed by atoms with Gasteiger partial charge in [0.05, 0.1) is 43.0 Å². The second-order valence-corrected chi connectivity index (χ2v) is 11.6. The SMILES string of the molecule is COC(=O)c1sc(C#CC(C)(C)C)cc1N1C(=O)C(C)(CC(O)CO)OCC1C1CCCCC1. The largest absolute Gasteiger partial charge is 0.465 e. The molecule has 2 aliphatic rings. The highest BCUT2D eigenvalue weighted by molar-refractivity contribution is 7.15. The summed E-state index contributed by atoms with van der Waals surface area (Å²) in [7, 11) is 1.33. The lowest BCUT2D eigenvalue weighted by Crippen LogP contribution is -2.63. The minimum absolute atomic E-state index is 0.0371. The number of aliphatic hydroxyl groups is 2. The maximum atomic E-state index is 14.0. The molecule has 34 heavy (non-hydrogen) atoms. The van der Waals surface area contributed by atoms with Crippen molar-refractivity contribution in [3.8, 4) is 11.8 Å². The van der Waals surface area contributed by atoms with Gasteiger partial charge in [0.1, 0.15) is 10.5 Å². The molecule has 1 aliphatic carbocycles. The number of methoxy groups -OCH3 is 1. The Balaban J connectivity index is 2.10. The summed E-state index contributed by atoms with van der Waals surface area (Å²) in [5.41, 5.74) is -1.04. The van der Waals surface area contributed by atoms with E-state index in [1.807, 2.05) is 20.8 Å². The van der Waals surface area contributed by atoms with Crippen molar-refractivity contribution in [2.45, 2.75) is 84.0 Å². The van der Waals surface area contributed by atoms with Crippen LogP contribution in [0.1, 0.15) is 80.8 Å². The number of hydrogen-bond donors (Lipinski definition) is 2. The molecule has 188 valence electrons. The van der Waals surface area contributed by atoms with Crippen LogP contribution in [0, 0.1) is 23.2 Å². The molecule has 3 unspecified atom stereocenters. The predicted molar refractivity (Wildman–Crippen MR) is 132 cm³/mol. The van der Waals surface area contributed by atoms with Crippen LogP contribution in [0.3, 0.4) is 0 Å². The van der Waals surface area contributed by atoms with Crippen molar-refractivity contribution in [2.75, 3.05) is 25.2 Å². The van der Waals surface area contributed by atoms with Crippen LogP contribution in [-0.4, -0.2) is 60.2 Å². The molecule has 3 atom stereocenters. The maximum absolute atomic E-state index is 14.0. The zero-order valence-electron chi connectivity index (χ0n) is 20.8. The summed E-state index contributed by atoms with van der Waals surface area (Å²) in [5.74, 6) is 5.77. The van der Waals surface area contributed by atoms with Crippen LogP contribution in [-0.2, 0) is 14.3 Å². The lowest BCUT2D eigenvalue weighted by atomic mass is 9.81. The van der Waals surface area contributed by atoms with Gasteiger partial charge in [0.2, 0.25) is 0 Å². The number of rotatable bonds is 6. The van der Waals surface area contributed by atoms with E-state index in [0.29, 0.717) is 22.0 Å². The first kappa shape index (κ1) is 26.7. The summed E-state index contributed by atoms with van der Waals surface area (Å²) >= 11 is 1.22. The van der Waals surface area contributed by atoms with Gasteiger partial charge in [-0.2, -0.15) is 0 Å². The van der Waals surface area contributed by atoms with E-state index in [1.165, 1.54) is 24.9 Å². The Kier molecular flexibility index (Phi) is 8.46. The van der Waals surface area contributed by atoms with Crippen LogP contribution >= 0.6 is 11.3 Å². The fraction of sp³-hybridized carbons (Fsp3) is 0.692. The van der Waals surface area contributed by atoms with Crippen LogP contribution < -0.4 is 4.90 Å². The van der Waals surface area contributed by atoms with E-state index in [4.69, 9.17) is 9.47 Å². The van der Waals surface area contributed by atoms with Crippen molar-refractivity contribution >= 4 is 28.9 Å². The number of amides is 1. The quantitative estimate of drug-likeness (QED) is 0.465. The van der Waals surface area contributed by atoms with Gasteiger partial charge >= 0.3 is 5.97 Å². The van der Waals surface area contributed by atoms with Gasteiger partial charge in [0.15, 0.2) is 0 Å². The van der Waals surface area contributed by atoms with Crippen LogP contribution in [0.2, 0.25) is 0 Å². The van der Waals surface area contributed by atoms with E-state index in [2.05, 4.69) is 11.8 Å². The molecule has 0 aromatic carbocycles. The van der Waals surface area contributed by atoms with Crippen molar-refractivity contribution in [3.05, 3.63) is 15.8 Å². The molecule has 1 saturated carbocycles. The zero-order chi connectivity index (χ0) is 25.1. The molecule has 1 amide bonds. The van der Waals surface area contributed by atoms with Gasteiger partial charge < -0.3 is 24.6 Å². The van der Waals surface area contributed by atoms with Crippen molar-refractivity contribution in [3.63, 3.8) is 0 Å². The fourth-order valence-electron chi connectivity index (χ4n) is 4.74. The molecular formula is C26H37NO6S. The Hall–Kier alpha value is -1.92. The topological polar surface area (TPSA) is 96.3 Å². The summed E-state index contributed by atoms with van der Waals surface area (Å²) in [5, 5.41) is 19.5. The molecule has 1 aliphatic heterocycles. The first-order valence-electron chi connectivity index (χ1n) is 12.0. The number of carbonyl (C=O) groups excluding carboxylic acids is 2. The molecule has 8 heteroatoms. The highest BCUT2D eigenvalue weighted by Crippen LogP contribution is 2.41. The van der Waals surface area contributed by atoms with E-state index >= 15 is 0 Å². The average molecular weight is 492 g/mol. The lowest BCUT2D eigenvalue weighted by Gasteiger charge is -2.48. The van der Waals surface area contributed by atoms with Crippen LogP contribution in [0.25, 0.3) is 0 Å². The molecule has 0 bridgehead atoms. The predicted octanol–water partition coefficient (Wildman–Crippen LogP) is 3.75. The Morgan fingerprint density at radius 2 is 2.03 bits per heavy atom. The van der Waals surface area contributed by atoms with Gasteiger partial charge in [0.25, 0.3) is 5.91 Å². The molecule has 2 heterocycles. The second kappa shape index (κ2) is 10.8. The van der Waals surface area contributed by atoms with E-state index in [-0.39, 0.29) is 29.7 Å². The average Bonchev–Trinajstić information content (AvgIpc) is 3.23. The molecule has 0 radical (unpaired) electrons. The van der Waals surface area contributed by atoms with E-state index < -0.39 is 24.3 Å². The summed E-state index contributed by atoms with van der Waals surface area (Å²) in [6.07, 6.45) is 4.22. The highest BCUT2D eigenvalue weighted by Gasteiger charge is 2.49. The third kappa shape index (κ3) is 6.01. The van der Waals surface area contributed by atoms with E-state index in [0.717, 1.165) is 25.7 Å². The minimum atomic E-state index is -1.32. The van der Waals surface area contributed by atoms with Gasteiger partial charge in [0, 0.05) is 11.8 Å². The van der Waals surface area contributed by atoms with Gasteiger partial charge in [-0.1, -0.05) is 31.1 Å². The molecular weight excluding hydrogens is 454 g/mol. The first-order chi connectivity index (χ1) is 16.0. The zero-order valence-corrected chi connectivity index (χ0v) is 21.7. The monoisotopic (exact) mass is 491 g/mol. The summed E-state index contributed by atoms with van der Waals surface area (Å²) in [6, 6.07) is 1.58. The minimum Gasteiger partial charge on any atom is -0.465 e. The molecule has 2 fully saturated rings. The van der Waals surface area contributed by atoms with Crippen LogP contribution in [0.15, 0.2) is 6.07 Å². The Morgan fingerprint density at radius 1 is 1.35 bits per heavy atom. The molecule has 2 N–H and O–H groups in total. The molecule has 1 saturated heterocycles. The van der Waals surface area contributed by atoms with Crippen molar-refractivity contribution in [2.24, 2.45) is 11.3 Å². The number of morpholine rings is 1. The van der Waals surface area contributed by atoms with Gasteiger partial charge in [-0.05, 0) is 52.5 Å². The molecule has 1 aromatic heterocycles. The maximum Gasteiger partial charge on any atom is 0.350 e. The third-order valence-corrected chi connectivity index (χ3v) is 7.53. The Labute approximate surface area is 206 Å². The number of nitrogens with zero attached hydrogens (tertiary/aromatic N) is 1. The van der Waals surface area contributed by atoms with E-state index in [1.54, 1.807) is 17.9 Å². The van der Waals surface area contributed by atoms with Crippen LogP contribution in [0.4, 0.5) is 5.69 Å². The molecule has 0 spiro atoms. The van der Waals surface area contributed by atoms with Crippen molar-refractivity contribution in [1.29, 1.82) is 0 Å². The number of esters is 1. The van der Waals surface area contributed by atoms with Gasteiger partial charge in [-0.15, -0.1) is 11.3 Å². The number of ether oxygens (including phenoxy) is 2. The number of aliphatic hydroxyl groups excluding tert-OH is 2. The Morgan fingerprint density at radius 3 is 2.62 bits per heavy atom. The van der Waals surface area contributed by atoms with Gasteiger partial charge in [-0.25, -0.2) is 4.79 Å². The van der Waals surface area contributed by atoms with Crippen molar-refractivity contribution in [1.82, 2.24) is 0 Å². The van der Waals surface area contributed by atoms with E-state index in [9.17, 15) is 19.8 Å². The Bertz CT molecular complexity index is 949. The van der Waals surface area contributed by atoms with Gasteiger partial charge in [-0.3, -0.25) is 4.79 Å². The smallest absolute Gasteiger partial charge is 0.350 e. The van der Waals surface area contributed by atoms with Crippen molar-refractivity contribution < 1.29 is 29.3 Å². The summed E-state index contributed by atoms with van der Waals surface area (Å²) in [6.45, 7) is 7.51. The van der Waals surface area contributed by atoms with Crippen LogP contribution in [0.5, 0.6) is 0 Å². The molecule has 3 rings (SSSR count). The standard InChI is InChI=1S/C26H37NO6S/c1-25(2,3)12-11-19-13-20(22(34-19)23(30)32-5)27-21(17-9-7-6-8-10-17)16-33-26(4,24(27)31)14-18(29)15-28/h13,17-18,21,28-29H,6-10,14-16H2,1-5H3. The third-order valence-electron chi connectivity index (χ3n) is 6.51. The highest BCUT2D eigenvalue weighted by atomic mass is 32.1. The lowest BCUT2D eigenvalue weighted by molar-refractivity contribution is -0.158. The normalized spacial score (nSPS) is 25.0. The number of anilines is 1. The summed E-state index contributed by atoms with van der Waals surface area (Å²) < 4.78 is 11.1. The molecule has 7 nitrogen and oxygen atoms in total. The number of carbonyl (C=O) groups is 2. The fourth-order valence-corrected chi connectivity index (χ4v) is 5.66. The second-order valence-electron chi connectivity index (χ2n) is 10.5.